The minimum atomic E-state index is 0.256. The summed E-state index contributed by atoms with van der Waals surface area (Å²) in [5.74, 6) is 1.03. The number of hydrogen-bond donors (Lipinski definition) is 2. The van der Waals surface area contributed by atoms with Gasteiger partial charge in [0.2, 0.25) is 0 Å². The molecule has 3 rings (SSSR count). The average molecular weight is 241 g/mol. The molecule has 2 aromatic carbocycles. The van der Waals surface area contributed by atoms with Crippen LogP contribution in [0.2, 0.25) is 0 Å². The summed E-state index contributed by atoms with van der Waals surface area (Å²) in [6.07, 6.45) is 0. The number of rotatable bonds is 3. The SMILES string of the molecule is Oc1ccc(OCc2ccc3c(c2)CNC3)cc1. The van der Waals surface area contributed by atoms with Crippen LogP contribution in [0.5, 0.6) is 11.5 Å². The first-order chi connectivity index (χ1) is 8.81. The molecule has 92 valence electrons. The van der Waals surface area contributed by atoms with Crippen molar-refractivity contribution in [3.05, 3.63) is 59.2 Å². The Morgan fingerprint density at radius 1 is 1.00 bits per heavy atom. The Balaban J connectivity index is 1.68. The van der Waals surface area contributed by atoms with Gasteiger partial charge in [-0.1, -0.05) is 18.2 Å². The smallest absolute Gasteiger partial charge is 0.120 e. The molecule has 3 heteroatoms. The van der Waals surface area contributed by atoms with Gasteiger partial charge in [0.05, 0.1) is 0 Å². The molecule has 0 saturated heterocycles. The van der Waals surface area contributed by atoms with Crippen molar-refractivity contribution in [3.8, 4) is 11.5 Å². The van der Waals surface area contributed by atoms with E-state index in [0.29, 0.717) is 6.61 Å². The molecule has 1 aliphatic rings. The van der Waals surface area contributed by atoms with Crippen molar-refractivity contribution < 1.29 is 9.84 Å². The summed E-state index contributed by atoms with van der Waals surface area (Å²) in [5.41, 5.74) is 3.91. The molecule has 0 atom stereocenters. The summed E-state index contributed by atoms with van der Waals surface area (Å²) in [6, 6.07) is 13.2. The molecule has 2 N–H and O–H groups in total. The van der Waals surface area contributed by atoms with E-state index in [2.05, 4.69) is 23.5 Å². The van der Waals surface area contributed by atoms with Crippen LogP contribution in [0, 0.1) is 0 Å². The number of benzene rings is 2. The molecule has 0 unspecified atom stereocenters. The third-order valence-corrected chi connectivity index (χ3v) is 3.14. The number of hydrogen-bond acceptors (Lipinski definition) is 3. The summed E-state index contributed by atoms with van der Waals surface area (Å²) >= 11 is 0. The zero-order valence-corrected chi connectivity index (χ0v) is 10.0. The van der Waals surface area contributed by atoms with Crippen molar-refractivity contribution in [2.24, 2.45) is 0 Å². The maximum absolute atomic E-state index is 9.19. The Labute approximate surface area is 106 Å². The predicted octanol–water partition coefficient (Wildman–Crippen LogP) is 2.57. The van der Waals surface area contributed by atoms with Gasteiger partial charge in [0, 0.05) is 13.1 Å². The third-order valence-electron chi connectivity index (χ3n) is 3.14. The zero-order chi connectivity index (χ0) is 12.4. The fraction of sp³-hybridized carbons (Fsp3) is 0.200. The van der Waals surface area contributed by atoms with Crippen molar-refractivity contribution >= 4 is 0 Å². The molecule has 0 aromatic heterocycles. The van der Waals surface area contributed by atoms with Gasteiger partial charge in [-0.25, -0.2) is 0 Å². The predicted molar refractivity (Wildman–Crippen MR) is 69.4 cm³/mol. The molecule has 18 heavy (non-hydrogen) atoms. The summed E-state index contributed by atoms with van der Waals surface area (Å²) in [5, 5.41) is 12.5. The fourth-order valence-corrected chi connectivity index (χ4v) is 2.15. The van der Waals surface area contributed by atoms with Gasteiger partial charge in [-0.05, 0) is 41.0 Å². The van der Waals surface area contributed by atoms with E-state index in [9.17, 15) is 5.11 Å². The summed E-state index contributed by atoms with van der Waals surface area (Å²) in [7, 11) is 0. The molecule has 0 amide bonds. The van der Waals surface area contributed by atoms with Gasteiger partial charge in [-0.15, -0.1) is 0 Å². The molecular formula is C15H15NO2. The van der Waals surface area contributed by atoms with E-state index < -0.39 is 0 Å². The number of ether oxygens (including phenoxy) is 1. The summed E-state index contributed by atoms with van der Waals surface area (Å²) in [6.45, 7) is 2.47. The first kappa shape index (κ1) is 11.1. The van der Waals surface area contributed by atoms with Gasteiger partial charge >= 0.3 is 0 Å². The molecule has 2 aromatic rings. The lowest BCUT2D eigenvalue weighted by molar-refractivity contribution is 0.305. The molecule has 0 fully saturated rings. The molecule has 0 radical (unpaired) electrons. The summed E-state index contributed by atoms with van der Waals surface area (Å²) < 4.78 is 5.68. The van der Waals surface area contributed by atoms with Gasteiger partial charge in [0.25, 0.3) is 0 Å². The topological polar surface area (TPSA) is 41.5 Å². The van der Waals surface area contributed by atoms with Crippen molar-refractivity contribution in [3.63, 3.8) is 0 Å². The zero-order valence-electron chi connectivity index (χ0n) is 10.0. The van der Waals surface area contributed by atoms with E-state index in [0.717, 1.165) is 18.8 Å². The van der Waals surface area contributed by atoms with E-state index in [-0.39, 0.29) is 5.75 Å². The molecular weight excluding hydrogens is 226 g/mol. The van der Waals surface area contributed by atoms with Gasteiger partial charge < -0.3 is 15.2 Å². The third kappa shape index (κ3) is 2.31. The van der Waals surface area contributed by atoms with E-state index in [1.807, 2.05) is 0 Å². The lowest BCUT2D eigenvalue weighted by Crippen LogP contribution is -2.00. The van der Waals surface area contributed by atoms with Crippen molar-refractivity contribution in [2.75, 3.05) is 0 Å². The molecule has 1 aliphatic heterocycles. The minimum absolute atomic E-state index is 0.256. The number of phenols is 1. The first-order valence-electron chi connectivity index (χ1n) is 6.04. The molecule has 0 saturated carbocycles. The number of nitrogens with one attached hydrogen (secondary N) is 1. The number of phenolic OH excluding ortho intramolecular Hbond substituents is 1. The maximum Gasteiger partial charge on any atom is 0.120 e. The molecule has 1 heterocycles. The molecule has 3 nitrogen and oxygen atoms in total. The van der Waals surface area contributed by atoms with Crippen molar-refractivity contribution in [1.29, 1.82) is 0 Å². The van der Waals surface area contributed by atoms with E-state index in [4.69, 9.17) is 4.74 Å². The van der Waals surface area contributed by atoms with Crippen LogP contribution < -0.4 is 10.1 Å². The molecule has 0 aliphatic carbocycles. The fourth-order valence-electron chi connectivity index (χ4n) is 2.15. The monoisotopic (exact) mass is 241 g/mol. The van der Waals surface area contributed by atoms with Gasteiger partial charge in [0.1, 0.15) is 18.1 Å². The van der Waals surface area contributed by atoms with Gasteiger partial charge in [-0.3, -0.25) is 0 Å². The minimum Gasteiger partial charge on any atom is -0.508 e. The average Bonchev–Trinajstić information content (AvgIpc) is 2.85. The van der Waals surface area contributed by atoms with E-state index in [1.165, 1.54) is 16.7 Å². The molecule has 0 spiro atoms. The van der Waals surface area contributed by atoms with Crippen LogP contribution in [-0.4, -0.2) is 5.11 Å². The largest absolute Gasteiger partial charge is 0.508 e. The number of fused-ring (bicyclic) bond motifs is 1. The second-order valence-corrected chi connectivity index (χ2v) is 4.49. The Morgan fingerprint density at radius 3 is 2.61 bits per heavy atom. The number of aromatic hydroxyl groups is 1. The maximum atomic E-state index is 9.19. The van der Waals surface area contributed by atoms with Crippen LogP contribution in [0.3, 0.4) is 0 Å². The first-order valence-corrected chi connectivity index (χ1v) is 6.04. The van der Waals surface area contributed by atoms with Gasteiger partial charge in [-0.2, -0.15) is 0 Å². The summed E-state index contributed by atoms with van der Waals surface area (Å²) in [4.78, 5) is 0. The van der Waals surface area contributed by atoms with E-state index in [1.54, 1.807) is 24.3 Å². The van der Waals surface area contributed by atoms with Crippen molar-refractivity contribution in [1.82, 2.24) is 5.32 Å². The van der Waals surface area contributed by atoms with Gasteiger partial charge in [0.15, 0.2) is 0 Å². The Kier molecular flexibility index (Phi) is 2.90. The Morgan fingerprint density at radius 2 is 1.78 bits per heavy atom. The van der Waals surface area contributed by atoms with Crippen molar-refractivity contribution in [2.45, 2.75) is 19.7 Å². The van der Waals surface area contributed by atoms with Crippen LogP contribution in [-0.2, 0) is 19.7 Å². The molecule has 0 bridgehead atoms. The highest BCUT2D eigenvalue weighted by atomic mass is 16.5. The second-order valence-electron chi connectivity index (χ2n) is 4.49. The highest BCUT2D eigenvalue weighted by Gasteiger charge is 2.09. The Hall–Kier alpha value is -2.00. The van der Waals surface area contributed by atoms with Crippen LogP contribution in [0.15, 0.2) is 42.5 Å². The van der Waals surface area contributed by atoms with Crippen LogP contribution >= 0.6 is 0 Å². The second kappa shape index (κ2) is 4.70. The quantitative estimate of drug-likeness (QED) is 0.867. The van der Waals surface area contributed by atoms with Crippen LogP contribution in [0.1, 0.15) is 16.7 Å². The lowest BCUT2D eigenvalue weighted by atomic mass is 10.1. The normalized spacial score (nSPS) is 13.3. The van der Waals surface area contributed by atoms with Crippen LogP contribution in [0.25, 0.3) is 0 Å². The highest BCUT2D eigenvalue weighted by molar-refractivity contribution is 5.35. The standard InChI is InChI=1S/C15H15NO2/c17-14-3-5-15(6-4-14)18-10-11-1-2-12-8-16-9-13(12)7-11/h1-7,16-17H,8-10H2. The highest BCUT2D eigenvalue weighted by Crippen LogP contribution is 2.20. The van der Waals surface area contributed by atoms with E-state index >= 15 is 0 Å². The lowest BCUT2D eigenvalue weighted by Gasteiger charge is -2.07. The Bertz CT molecular complexity index is 549. The van der Waals surface area contributed by atoms with Crippen LogP contribution in [0.4, 0.5) is 0 Å².